The van der Waals surface area contributed by atoms with Crippen LogP contribution in [0, 0.1) is 12.7 Å². The van der Waals surface area contributed by atoms with Gasteiger partial charge in [0, 0.05) is 5.75 Å². The van der Waals surface area contributed by atoms with Crippen LogP contribution in [0.25, 0.3) is 5.57 Å². The molecule has 0 bridgehead atoms. The topological polar surface area (TPSA) is 57.6 Å². The van der Waals surface area contributed by atoms with Crippen molar-refractivity contribution in [2.24, 2.45) is 0 Å². The van der Waals surface area contributed by atoms with Gasteiger partial charge in [-0.25, -0.2) is 9.29 Å². The van der Waals surface area contributed by atoms with Gasteiger partial charge < -0.3 is 5.11 Å². The molecule has 3 rings (SSSR count). The second-order valence-corrected chi connectivity index (χ2v) is 6.64. The molecule has 4 nitrogen and oxygen atoms in total. The zero-order valence-corrected chi connectivity index (χ0v) is 14.3. The molecule has 2 aromatic rings. The number of aliphatic hydroxyl groups excluding tert-OH is 1. The number of nitrogens with zero attached hydrogens (tertiary/aromatic N) is 1. The molecule has 1 N–H and O–H groups in total. The van der Waals surface area contributed by atoms with E-state index in [-0.39, 0.29) is 28.5 Å². The van der Waals surface area contributed by atoms with Gasteiger partial charge in [0.15, 0.2) is 0 Å². The van der Waals surface area contributed by atoms with Gasteiger partial charge in [0.1, 0.15) is 5.82 Å². The van der Waals surface area contributed by atoms with E-state index in [2.05, 4.69) is 0 Å². The molecule has 0 unspecified atom stereocenters. The second kappa shape index (κ2) is 7.21. The third-order valence-corrected chi connectivity index (χ3v) is 4.87. The lowest BCUT2D eigenvalue weighted by atomic mass is 10.0. The molecule has 0 saturated heterocycles. The van der Waals surface area contributed by atoms with Crippen molar-refractivity contribution in [1.82, 2.24) is 0 Å². The Bertz CT molecular complexity index is 861. The van der Waals surface area contributed by atoms with Crippen LogP contribution in [0.4, 0.5) is 10.1 Å². The number of imide groups is 1. The van der Waals surface area contributed by atoms with E-state index in [4.69, 9.17) is 5.11 Å². The van der Waals surface area contributed by atoms with Crippen LogP contribution in [0.15, 0.2) is 53.4 Å². The average molecular weight is 357 g/mol. The Hall–Kier alpha value is -2.44. The lowest BCUT2D eigenvalue weighted by Gasteiger charge is -2.15. The third-order valence-electron chi connectivity index (χ3n) is 3.81. The zero-order chi connectivity index (χ0) is 18.0. The summed E-state index contributed by atoms with van der Waals surface area (Å²) in [5.41, 5.74) is 1.80. The zero-order valence-electron chi connectivity index (χ0n) is 13.5. The molecule has 6 heteroatoms. The molecule has 1 aliphatic heterocycles. The highest BCUT2D eigenvalue weighted by atomic mass is 32.2. The third kappa shape index (κ3) is 3.23. The van der Waals surface area contributed by atoms with E-state index in [1.807, 2.05) is 19.1 Å². The molecule has 1 aliphatic rings. The maximum atomic E-state index is 14.1. The Balaban J connectivity index is 2.09. The van der Waals surface area contributed by atoms with E-state index < -0.39 is 17.6 Å². The van der Waals surface area contributed by atoms with Crippen LogP contribution in [0.2, 0.25) is 0 Å². The van der Waals surface area contributed by atoms with Crippen molar-refractivity contribution < 1.29 is 19.1 Å². The molecule has 128 valence electrons. The molecular formula is C19H16FNO3S. The van der Waals surface area contributed by atoms with Crippen LogP contribution >= 0.6 is 11.8 Å². The minimum absolute atomic E-state index is 0.0679. The lowest BCUT2D eigenvalue weighted by molar-refractivity contribution is -0.119. The first-order valence-electron chi connectivity index (χ1n) is 7.73. The minimum Gasteiger partial charge on any atom is -0.396 e. The van der Waals surface area contributed by atoms with Gasteiger partial charge in [-0.3, -0.25) is 9.59 Å². The summed E-state index contributed by atoms with van der Waals surface area (Å²) in [6, 6.07) is 12.9. The second-order valence-electron chi connectivity index (χ2n) is 5.54. The molecule has 0 radical (unpaired) electrons. The summed E-state index contributed by atoms with van der Waals surface area (Å²) in [6.45, 7) is 1.80. The number of aliphatic hydroxyl groups is 1. The maximum Gasteiger partial charge on any atom is 0.272 e. The van der Waals surface area contributed by atoms with Gasteiger partial charge in [-0.05, 0) is 24.6 Å². The fraction of sp³-hybridized carbons (Fsp3) is 0.158. The van der Waals surface area contributed by atoms with Crippen LogP contribution in [-0.2, 0) is 9.59 Å². The normalized spacial score (nSPS) is 14.6. The molecule has 2 amide bonds. The number of para-hydroxylation sites is 1. The Labute approximate surface area is 149 Å². The van der Waals surface area contributed by atoms with Crippen molar-refractivity contribution in [1.29, 1.82) is 0 Å². The van der Waals surface area contributed by atoms with Crippen LogP contribution in [0.5, 0.6) is 0 Å². The lowest BCUT2D eigenvalue weighted by Crippen LogP contribution is -2.32. The van der Waals surface area contributed by atoms with Crippen LogP contribution in [0.3, 0.4) is 0 Å². The van der Waals surface area contributed by atoms with Crippen molar-refractivity contribution in [2.45, 2.75) is 6.92 Å². The molecule has 0 spiro atoms. The van der Waals surface area contributed by atoms with Crippen molar-refractivity contribution in [3.8, 4) is 0 Å². The molecule has 1 heterocycles. The van der Waals surface area contributed by atoms with Gasteiger partial charge in [0.05, 0.1) is 22.8 Å². The molecule has 0 fully saturated rings. The largest absolute Gasteiger partial charge is 0.396 e. The number of hydrogen-bond donors (Lipinski definition) is 1. The summed E-state index contributed by atoms with van der Waals surface area (Å²) in [4.78, 5) is 26.8. The van der Waals surface area contributed by atoms with E-state index >= 15 is 0 Å². The number of rotatable bonds is 5. The quantitative estimate of drug-likeness (QED) is 0.836. The highest BCUT2D eigenvalue weighted by Crippen LogP contribution is 2.38. The fourth-order valence-electron chi connectivity index (χ4n) is 2.62. The summed E-state index contributed by atoms with van der Waals surface area (Å²) in [7, 11) is 0. The van der Waals surface area contributed by atoms with Gasteiger partial charge in [-0.2, -0.15) is 0 Å². The highest BCUT2D eigenvalue weighted by Gasteiger charge is 2.41. The first-order chi connectivity index (χ1) is 12.0. The molecule has 0 saturated carbocycles. The minimum atomic E-state index is -0.638. The Morgan fingerprint density at radius 1 is 1.04 bits per heavy atom. The number of carbonyl (C=O) groups excluding carboxylic acids is 2. The fourth-order valence-corrected chi connectivity index (χ4v) is 3.48. The monoisotopic (exact) mass is 357 g/mol. The van der Waals surface area contributed by atoms with Gasteiger partial charge in [0.25, 0.3) is 11.8 Å². The maximum absolute atomic E-state index is 14.1. The van der Waals surface area contributed by atoms with Crippen molar-refractivity contribution in [2.75, 3.05) is 17.3 Å². The number of halogens is 1. The summed E-state index contributed by atoms with van der Waals surface area (Å²) in [5, 5.41) is 9.09. The SMILES string of the molecule is Cc1ccc(C2=C(SCCO)C(=O)N(c3ccccc3F)C2=O)cc1. The Morgan fingerprint density at radius 2 is 1.72 bits per heavy atom. The van der Waals surface area contributed by atoms with Crippen LogP contribution < -0.4 is 4.90 Å². The summed E-state index contributed by atoms with van der Waals surface area (Å²) < 4.78 is 14.1. The van der Waals surface area contributed by atoms with E-state index in [1.54, 1.807) is 18.2 Å². The van der Waals surface area contributed by atoms with Crippen LogP contribution in [-0.4, -0.2) is 29.3 Å². The van der Waals surface area contributed by atoms with Crippen LogP contribution in [0.1, 0.15) is 11.1 Å². The molecule has 0 atom stereocenters. The van der Waals surface area contributed by atoms with E-state index in [0.717, 1.165) is 22.2 Å². The van der Waals surface area contributed by atoms with E-state index in [0.29, 0.717) is 5.56 Å². The molecule has 2 aromatic carbocycles. The standard InChI is InChI=1S/C19H16FNO3S/c1-12-6-8-13(9-7-12)16-17(25-11-10-22)19(24)21(18(16)23)15-5-3-2-4-14(15)20/h2-9,22H,10-11H2,1H3. The van der Waals surface area contributed by atoms with Crippen molar-refractivity contribution in [3.05, 3.63) is 70.4 Å². The molecular weight excluding hydrogens is 341 g/mol. The van der Waals surface area contributed by atoms with Crippen molar-refractivity contribution >= 4 is 34.8 Å². The number of aryl methyl sites for hydroxylation is 1. The number of anilines is 1. The summed E-state index contributed by atoms with van der Waals surface area (Å²) in [6.07, 6.45) is 0. The Kier molecular flexibility index (Phi) is 5.01. The highest BCUT2D eigenvalue weighted by molar-refractivity contribution is 8.04. The van der Waals surface area contributed by atoms with E-state index in [9.17, 15) is 14.0 Å². The Morgan fingerprint density at radius 3 is 2.36 bits per heavy atom. The van der Waals surface area contributed by atoms with Gasteiger partial charge in [0.2, 0.25) is 0 Å². The van der Waals surface area contributed by atoms with Crippen molar-refractivity contribution in [3.63, 3.8) is 0 Å². The van der Waals surface area contributed by atoms with Gasteiger partial charge in [-0.1, -0.05) is 42.0 Å². The molecule has 25 heavy (non-hydrogen) atoms. The predicted molar refractivity (Wildman–Crippen MR) is 96.5 cm³/mol. The number of benzene rings is 2. The first-order valence-corrected chi connectivity index (χ1v) is 8.71. The molecule has 0 aromatic heterocycles. The number of thioether (sulfide) groups is 1. The summed E-state index contributed by atoms with van der Waals surface area (Å²) in [5.74, 6) is -1.49. The van der Waals surface area contributed by atoms with E-state index in [1.165, 1.54) is 18.2 Å². The molecule has 0 aliphatic carbocycles. The first kappa shape index (κ1) is 17.4. The number of hydrogen-bond acceptors (Lipinski definition) is 4. The number of carbonyl (C=O) groups is 2. The predicted octanol–water partition coefficient (Wildman–Crippen LogP) is 3.14. The average Bonchev–Trinajstić information content (AvgIpc) is 2.85. The van der Waals surface area contributed by atoms with Gasteiger partial charge >= 0.3 is 0 Å². The summed E-state index contributed by atoms with van der Waals surface area (Å²) >= 11 is 1.10. The van der Waals surface area contributed by atoms with Gasteiger partial charge in [-0.15, -0.1) is 11.8 Å². The number of amides is 2. The smallest absolute Gasteiger partial charge is 0.272 e.